The summed E-state index contributed by atoms with van der Waals surface area (Å²) in [6.45, 7) is 9.42. The molecule has 100 valence electrons. The van der Waals surface area contributed by atoms with E-state index in [-0.39, 0.29) is 16.0 Å². The summed E-state index contributed by atoms with van der Waals surface area (Å²) in [4.78, 5) is 12.7. The van der Waals surface area contributed by atoms with E-state index in [2.05, 4.69) is 11.5 Å². The van der Waals surface area contributed by atoms with Crippen molar-refractivity contribution in [3.05, 3.63) is 46.5 Å². The first-order chi connectivity index (χ1) is 8.94. The van der Waals surface area contributed by atoms with Crippen LogP contribution in [0.1, 0.15) is 19.4 Å². The second-order valence-corrected chi connectivity index (χ2v) is 5.48. The lowest BCUT2D eigenvalue weighted by Gasteiger charge is -2.39. The normalized spacial score (nSPS) is 26.9. The SMILES string of the molecule is C=CC12OCCN1c1ccc([N+](=O)[O-])cc1C2(C)C. The first-order valence-corrected chi connectivity index (χ1v) is 6.28. The molecule has 2 heterocycles. The fourth-order valence-electron chi connectivity index (χ4n) is 3.34. The molecule has 0 bridgehead atoms. The summed E-state index contributed by atoms with van der Waals surface area (Å²) in [6.07, 6.45) is 1.81. The van der Waals surface area contributed by atoms with Crippen LogP contribution in [0.25, 0.3) is 0 Å². The van der Waals surface area contributed by atoms with Gasteiger partial charge in [0.25, 0.3) is 5.69 Å². The molecule has 0 spiro atoms. The average molecular weight is 260 g/mol. The van der Waals surface area contributed by atoms with Gasteiger partial charge < -0.3 is 9.64 Å². The second-order valence-electron chi connectivity index (χ2n) is 5.48. The van der Waals surface area contributed by atoms with Crippen LogP contribution in [0, 0.1) is 10.1 Å². The highest BCUT2D eigenvalue weighted by atomic mass is 16.6. The topological polar surface area (TPSA) is 55.6 Å². The van der Waals surface area contributed by atoms with E-state index in [0.717, 1.165) is 17.8 Å². The third kappa shape index (κ3) is 1.28. The van der Waals surface area contributed by atoms with Gasteiger partial charge in [-0.25, -0.2) is 0 Å². The quantitative estimate of drug-likeness (QED) is 0.466. The van der Waals surface area contributed by atoms with Crippen molar-refractivity contribution in [3.63, 3.8) is 0 Å². The lowest BCUT2D eigenvalue weighted by atomic mass is 9.77. The van der Waals surface area contributed by atoms with Gasteiger partial charge in [0.2, 0.25) is 0 Å². The molecule has 2 aliphatic rings. The Balaban J connectivity index is 2.24. The minimum absolute atomic E-state index is 0.118. The van der Waals surface area contributed by atoms with Gasteiger partial charge >= 0.3 is 0 Å². The van der Waals surface area contributed by atoms with Gasteiger partial charge in [0, 0.05) is 29.8 Å². The Hall–Kier alpha value is -1.88. The molecule has 19 heavy (non-hydrogen) atoms. The van der Waals surface area contributed by atoms with E-state index in [0.29, 0.717) is 6.61 Å². The van der Waals surface area contributed by atoms with Crippen LogP contribution < -0.4 is 4.90 Å². The monoisotopic (exact) mass is 260 g/mol. The smallest absolute Gasteiger partial charge is 0.269 e. The third-order valence-corrected chi connectivity index (χ3v) is 4.37. The predicted octanol–water partition coefficient (Wildman–Crippen LogP) is 2.60. The third-order valence-electron chi connectivity index (χ3n) is 4.37. The van der Waals surface area contributed by atoms with E-state index in [1.54, 1.807) is 12.1 Å². The fraction of sp³-hybridized carbons (Fsp3) is 0.429. The van der Waals surface area contributed by atoms with E-state index >= 15 is 0 Å². The molecule has 1 atom stereocenters. The lowest BCUT2D eigenvalue weighted by molar-refractivity contribution is -0.384. The van der Waals surface area contributed by atoms with Crippen LogP contribution in [0.4, 0.5) is 11.4 Å². The molecule has 0 saturated carbocycles. The number of benzene rings is 1. The van der Waals surface area contributed by atoms with Crippen LogP contribution in [0.5, 0.6) is 0 Å². The largest absolute Gasteiger partial charge is 0.349 e. The highest BCUT2D eigenvalue weighted by Crippen LogP contribution is 2.55. The van der Waals surface area contributed by atoms with Gasteiger partial charge in [0.1, 0.15) is 0 Å². The van der Waals surface area contributed by atoms with Crippen molar-refractivity contribution in [1.82, 2.24) is 0 Å². The number of hydrogen-bond acceptors (Lipinski definition) is 4. The molecule has 1 saturated heterocycles. The second kappa shape index (κ2) is 3.57. The van der Waals surface area contributed by atoms with Gasteiger partial charge in [-0.1, -0.05) is 20.4 Å². The number of anilines is 1. The van der Waals surface area contributed by atoms with Gasteiger partial charge in [0.15, 0.2) is 5.72 Å². The maximum atomic E-state index is 10.9. The summed E-state index contributed by atoms with van der Waals surface area (Å²) in [6, 6.07) is 5.02. The predicted molar refractivity (Wildman–Crippen MR) is 72.3 cm³/mol. The number of fused-ring (bicyclic) bond motifs is 3. The van der Waals surface area contributed by atoms with Crippen molar-refractivity contribution < 1.29 is 9.66 Å². The first kappa shape index (κ1) is 12.2. The molecule has 0 amide bonds. The van der Waals surface area contributed by atoms with Crippen LogP contribution in [0.15, 0.2) is 30.9 Å². The molecule has 0 aliphatic carbocycles. The number of hydrogen-bond donors (Lipinski definition) is 0. The fourth-order valence-corrected chi connectivity index (χ4v) is 3.34. The van der Waals surface area contributed by atoms with Crippen molar-refractivity contribution in [1.29, 1.82) is 0 Å². The van der Waals surface area contributed by atoms with E-state index in [1.807, 2.05) is 26.0 Å². The van der Waals surface area contributed by atoms with Gasteiger partial charge in [-0.3, -0.25) is 10.1 Å². The maximum Gasteiger partial charge on any atom is 0.269 e. The Kier molecular flexibility index (Phi) is 2.29. The van der Waals surface area contributed by atoms with Gasteiger partial charge in [-0.15, -0.1) is 0 Å². The Labute approximate surface area is 111 Å². The van der Waals surface area contributed by atoms with Crippen molar-refractivity contribution >= 4 is 11.4 Å². The van der Waals surface area contributed by atoms with Crippen LogP contribution in [-0.4, -0.2) is 23.8 Å². The molecule has 1 aromatic rings. The summed E-state index contributed by atoms with van der Waals surface area (Å²) < 4.78 is 5.95. The number of rotatable bonds is 2. The summed E-state index contributed by atoms with van der Waals surface area (Å²) in [7, 11) is 0. The molecular formula is C14H16N2O3. The van der Waals surface area contributed by atoms with E-state index in [1.165, 1.54) is 0 Å². The number of nitro benzene ring substituents is 1. The highest BCUT2D eigenvalue weighted by molar-refractivity contribution is 5.70. The van der Waals surface area contributed by atoms with E-state index in [4.69, 9.17) is 4.74 Å². The zero-order valence-corrected chi connectivity index (χ0v) is 11.0. The number of nitro groups is 1. The molecule has 5 heteroatoms. The Morgan fingerprint density at radius 1 is 1.53 bits per heavy atom. The number of nitrogens with zero attached hydrogens (tertiary/aromatic N) is 2. The lowest BCUT2D eigenvalue weighted by Crippen LogP contribution is -2.51. The minimum Gasteiger partial charge on any atom is -0.349 e. The van der Waals surface area contributed by atoms with Crippen LogP contribution >= 0.6 is 0 Å². The Morgan fingerprint density at radius 2 is 2.26 bits per heavy atom. The molecule has 1 aromatic carbocycles. The summed E-state index contributed by atoms with van der Waals surface area (Å²) in [5, 5.41) is 10.9. The Bertz CT molecular complexity index is 582. The van der Waals surface area contributed by atoms with Crippen molar-refractivity contribution in [2.45, 2.75) is 25.0 Å². The average Bonchev–Trinajstić information content (AvgIpc) is 2.88. The number of ether oxygens (including phenoxy) is 1. The van der Waals surface area contributed by atoms with Crippen LogP contribution in [-0.2, 0) is 10.2 Å². The molecule has 0 aromatic heterocycles. The van der Waals surface area contributed by atoms with Crippen molar-refractivity contribution in [2.75, 3.05) is 18.1 Å². The van der Waals surface area contributed by atoms with Crippen molar-refractivity contribution in [3.8, 4) is 0 Å². The van der Waals surface area contributed by atoms with Crippen molar-refractivity contribution in [2.24, 2.45) is 0 Å². The number of non-ortho nitro benzene ring substituents is 1. The summed E-state index contributed by atoms with van der Waals surface area (Å²) >= 11 is 0. The zero-order valence-electron chi connectivity index (χ0n) is 11.0. The molecule has 0 radical (unpaired) electrons. The summed E-state index contributed by atoms with van der Waals surface area (Å²) in [5.74, 6) is 0. The van der Waals surface area contributed by atoms with Crippen LogP contribution in [0.2, 0.25) is 0 Å². The molecule has 5 nitrogen and oxygen atoms in total. The zero-order chi connectivity index (χ0) is 13.8. The maximum absolute atomic E-state index is 10.9. The highest BCUT2D eigenvalue weighted by Gasteiger charge is 2.59. The standard InChI is InChI=1S/C14H16N2O3/c1-4-14-13(2,3)11-9-10(16(17)18)5-6-12(11)15(14)7-8-19-14/h4-6,9H,1,7-8H2,2-3H3. The molecule has 0 N–H and O–H groups in total. The van der Waals surface area contributed by atoms with E-state index < -0.39 is 5.72 Å². The van der Waals surface area contributed by atoms with Gasteiger partial charge in [-0.2, -0.15) is 0 Å². The molecule has 2 aliphatic heterocycles. The van der Waals surface area contributed by atoms with Gasteiger partial charge in [-0.05, 0) is 17.7 Å². The summed E-state index contributed by atoms with van der Waals surface area (Å²) in [5.41, 5.74) is 1.11. The molecular weight excluding hydrogens is 244 g/mol. The minimum atomic E-state index is -0.593. The van der Waals surface area contributed by atoms with E-state index in [9.17, 15) is 10.1 Å². The first-order valence-electron chi connectivity index (χ1n) is 6.28. The molecule has 3 rings (SSSR count). The Morgan fingerprint density at radius 3 is 2.89 bits per heavy atom. The molecule has 1 fully saturated rings. The molecule has 1 unspecified atom stereocenters. The van der Waals surface area contributed by atoms with Gasteiger partial charge in [0.05, 0.1) is 11.5 Å². The van der Waals surface area contributed by atoms with Crippen LogP contribution in [0.3, 0.4) is 0 Å².